The Balaban J connectivity index is 1.92. The summed E-state index contributed by atoms with van der Waals surface area (Å²) in [5.74, 6) is -1.58. The number of ether oxygens (including phenoxy) is 1. The lowest BCUT2D eigenvalue weighted by Gasteiger charge is -2.05. The molecule has 0 atom stereocenters. The van der Waals surface area contributed by atoms with Crippen LogP contribution in [0, 0.1) is 15.9 Å². The first-order valence-electron chi connectivity index (χ1n) is 6.64. The monoisotopic (exact) mass is 333 g/mol. The number of hydrogen-bond donors (Lipinski definition) is 2. The summed E-state index contributed by atoms with van der Waals surface area (Å²) in [5.41, 5.74) is 1.92. The van der Waals surface area contributed by atoms with Crippen LogP contribution in [0.3, 0.4) is 0 Å². The van der Waals surface area contributed by atoms with E-state index in [1.807, 2.05) is 0 Å². The van der Waals surface area contributed by atoms with Crippen molar-refractivity contribution in [1.82, 2.24) is 5.43 Å². The maximum Gasteiger partial charge on any atom is 0.277 e. The molecule has 9 heteroatoms. The molecule has 0 unspecified atom stereocenters. The Bertz CT molecular complexity index is 794. The van der Waals surface area contributed by atoms with Crippen molar-refractivity contribution in [3.8, 4) is 11.5 Å². The maximum atomic E-state index is 13.3. The van der Waals surface area contributed by atoms with Crippen LogP contribution in [0.5, 0.6) is 11.5 Å². The zero-order valence-corrected chi connectivity index (χ0v) is 12.2. The maximum absolute atomic E-state index is 13.3. The minimum absolute atomic E-state index is 0.0551. The number of phenolic OH excluding ortho intramolecular Hbond substituents is 1. The van der Waals surface area contributed by atoms with Gasteiger partial charge in [-0.2, -0.15) is 5.10 Å². The van der Waals surface area contributed by atoms with Gasteiger partial charge in [-0.1, -0.05) is 12.1 Å². The number of carbonyl (C=O) groups excluding carboxylic acids is 1. The number of aromatic hydroxyl groups is 1. The molecule has 0 saturated carbocycles. The Labute approximate surface area is 135 Å². The molecule has 2 aromatic rings. The summed E-state index contributed by atoms with van der Waals surface area (Å²) in [6.07, 6.45) is 1.04. The molecule has 0 bridgehead atoms. The van der Waals surface area contributed by atoms with Crippen molar-refractivity contribution in [2.24, 2.45) is 5.10 Å². The number of nitro benzene ring substituents is 1. The predicted molar refractivity (Wildman–Crippen MR) is 82.4 cm³/mol. The third-order valence-corrected chi connectivity index (χ3v) is 2.81. The molecule has 124 valence electrons. The van der Waals surface area contributed by atoms with Crippen LogP contribution in [-0.4, -0.2) is 28.8 Å². The number of non-ortho nitro benzene ring substituents is 1. The van der Waals surface area contributed by atoms with Gasteiger partial charge in [0, 0.05) is 17.7 Å². The van der Waals surface area contributed by atoms with Crippen LogP contribution < -0.4 is 10.2 Å². The van der Waals surface area contributed by atoms with Crippen molar-refractivity contribution in [1.29, 1.82) is 0 Å². The zero-order valence-electron chi connectivity index (χ0n) is 12.2. The number of amides is 1. The smallest absolute Gasteiger partial charge is 0.277 e. The first kappa shape index (κ1) is 16.9. The van der Waals surface area contributed by atoms with Crippen molar-refractivity contribution in [3.63, 3.8) is 0 Å². The number of hydrogen-bond acceptors (Lipinski definition) is 6. The van der Waals surface area contributed by atoms with Gasteiger partial charge in [0.25, 0.3) is 11.6 Å². The van der Waals surface area contributed by atoms with Gasteiger partial charge in [0.1, 0.15) is 5.75 Å². The molecule has 0 saturated heterocycles. The Morgan fingerprint density at radius 2 is 2.12 bits per heavy atom. The number of rotatable bonds is 6. The van der Waals surface area contributed by atoms with E-state index in [1.165, 1.54) is 18.2 Å². The van der Waals surface area contributed by atoms with Crippen LogP contribution in [0.2, 0.25) is 0 Å². The van der Waals surface area contributed by atoms with Gasteiger partial charge in [-0.25, -0.2) is 9.82 Å². The summed E-state index contributed by atoms with van der Waals surface area (Å²) in [6.45, 7) is -0.473. The third kappa shape index (κ3) is 4.50. The second-order valence-electron chi connectivity index (χ2n) is 4.51. The molecule has 8 nitrogen and oxygen atoms in total. The van der Waals surface area contributed by atoms with Crippen LogP contribution in [0.4, 0.5) is 10.1 Å². The van der Waals surface area contributed by atoms with Gasteiger partial charge in [0.15, 0.2) is 18.2 Å². The van der Waals surface area contributed by atoms with E-state index in [-0.39, 0.29) is 22.7 Å². The summed E-state index contributed by atoms with van der Waals surface area (Å²) in [4.78, 5) is 21.6. The van der Waals surface area contributed by atoms with E-state index in [2.05, 4.69) is 10.5 Å². The first-order valence-corrected chi connectivity index (χ1v) is 6.64. The number of nitrogens with one attached hydrogen (secondary N) is 1. The standard InChI is InChI=1S/C15H12FN3O5/c16-12-3-1-2-4-14(12)24-9-15(21)18-17-8-10-7-11(19(22)23)5-6-13(10)20/h1-8,20H,9H2,(H,18,21)/b17-8-. The molecule has 2 aromatic carbocycles. The summed E-state index contributed by atoms with van der Waals surface area (Å²) in [6, 6.07) is 8.97. The average Bonchev–Trinajstić information content (AvgIpc) is 2.55. The van der Waals surface area contributed by atoms with Crippen LogP contribution in [-0.2, 0) is 4.79 Å². The fourth-order valence-electron chi connectivity index (χ4n) is 1.67. The summed E-state index contributed by atoms with van der Waals surface area (Å²) < 4.78 is 18.3. The highest BCUT2D eigenvalue weighted by molar-refractivity contribution is 5.86. The molecule has 0 aliphatic heterocycles. The van der Waals surface area contributed by atoms with Gasteiger partial charge in [0.2, 0.25) is 0 Å². The lowest BCUT2D eigenvalue weighted by atomic mass is 10.2. The van der Waals surface area contributed by atoms with Crippen molar-refractivity contribution in [2.75, 3.05) is 6.61 Å². The number of hydrazone groups is 1. The fraction of sp³-hybridized carbons (Fsp3) is 0.0667. The highest BCUT2D eigenvalue weighted by Gasteiger charge is 2.09. The van der Waals surface area contributed by atoms with E-state index in [0.29, 0.717) is 0 Å². The number of halogens is 1. The fourth-order valence-corrected chi connectivity index (χ4v) is 1.67. The van der Waals surface area contributed by atoms with Gasteiger partial charge in [-0.05, 0) is 18.2 Å². The van der Waals surface area contributed by atoms with Crippen molar-refractivity contribution >= 4 is 17.8 Å². The lowest BCUT2D eigenvalue weighted by Crippen LogP contribution is -2.24. The Morgan fingerprint density at radius 3 is 2.83 bits per heavy atom. The molecule has 0 aliphatic carbocycles. The molecule has 24 heavy (non-hydrogen) atoms. The molecule has 0 aliphatic rings. The normalized spacial score (nSPS) is 10.5. The molecule has 1 amide bonds. The number of nitrogens with zero attached hydrogens (tertiary/aromatic N) is 2. The number of phenols is 1. The summed E-state index contributed by atoms with van der Waals surface area (Å²) >= 11 is 0. The topological polar surface area (TPSA) is 114 Å². The average molecular weight is 333 g/mol. The minimum Gasteiger partial charge on any atom is -0.507 e. The van der Waals surface area contributed by atoms with Gasteiger partial charge in [-0.15, -0.1) is 0 Å². The second-order valence-corrected chi connectivity index (χ2v) is 4.51. The highest BCUT2D eigenvalue weighted by atomic mass is 19.1. The molecule has 0 heterocycles. The second kappa shape index (κ2) is 7.68. The Morgan fingerprint density at radius 1 is 1.38 bits per heavy atom. The van der Waals surface area contributed by atoms with Crippen LogP contribution >= 0.6 is 0 Å². The number of carbonyl (C=O) groups is 1. The number of nitro groups is 1. The summed E-state index contributed by atoms with van der Waals surface area (Å²) in [7, 11) is 0. The Hall–Kier alpha value is -3.49. The van der Waals surface area contributed by atoms with Crippen LogP contribution in [0.15, 0.2) is 47.6 Å². The van der Waals surface area contributed by atoms with Crippen LogP contribution in [0.25, 0.3) is 0 Å². The van der Waals surface area contributed by atoms with E-state index in [0.717, 1.165) is 24.4 Å². The van der Waals surface area contributed by atoms with E-state index >= 15 is 0 Å². The SMILES string of the molecule is O=C(COc1ccccc1F)N/N=C\c1cc([N+](=O)[O-])ccc1O. The minimum atomic E-state index is -0.667. The van der Waals surface area contributed by atoms with Gasteiger partial charge in [0.05, 0.1) is 11.1 Å². The van der Waals surface area contributed by atoms with Gasteiger partial charge in [-0.3, -0.25) is 14.9 Å². The van der Waals surface area contributed by atoms with E-state index in [1.54, 1.807) is 6.07 Å². The molecular weight excluding hydrogens is 321 g/mol. The zero-order chi connectivity index (χ0) is 17.5. The first-order chi connectivity index (χ1) is 11.5. The third-order valence-electron chi connectivity index (χ3n) is 2.81. The lowest BCUT2D eigenvalue weighted by molar-refractivity contribution is -0.384. The largest absolute Gasteiger partial charge is 0.507 e. The van der Waals surface area contributed by atoms with E-state index < -0.39 is 23.3 Å². The van der Waals surface area contributed by atoms with Crippen LogP contribution in [0.1, 0.15) is 5.56 Å². The van der Waals surface area contributed by atoms with Gasteiger partial charge < -0.3 is 9.84 Å². The van der Waals surface area contributed by atoms with Gasteiger partial charge >= 0.3 is 0 Å². The molecule has 2 N–H and O–H groups in total. The highest BCUT2D eigenvalue weighted by Crippen LogP contribution is 2.21. The van der Waals surface area contributed by atoms with E-state index in [9.17, 15) is 24.4 Å². The van der Waals surface area contributed by atoms with Crippen molar-refractivity contribution in [3.05, 3.63) is 64.0 Å². The molecule has 0 aromatic heterocycles. The Kier molecular flexibility index (Phi) is 5.40. The number of para-hydroxylation sites is 1. The summed E-state index contributed by atoms with van der Waals surface area (Å²) in [5, 5.41) is 23.8. The predicted octanol–water partition coefficient (Wildman–Crippen LogP) is 1.97. The molecule has 2 rings (SSSR count). The quantitative estimate of drug-likeness (QED) is 0.476. The van der Waals surface area contributed by atoms with Crippen molar-refractivity contribution in [2.45, 2.75) is 0 Å². The van der Waals surface area contributed by atoms with E-state index in [4.69, 9.17) is 4.74 Å². The molecule has 0 fully saturated rings. The molecule has 0 radical (unpaired) electrons. The molecular formula is C15H12FN3O5. The number of benzene rings is 2. The van der Waals surface area contributed by atoms with Crippen molar-refractivity contribution < 1.29 is 24.0 Å². The molecule has 0 spiro atoms.